The van der Waals surface area contributed by atoms with E-state index < -0.39 is 29.4 Å². The van der Waals surface area contributed by atoms with Crippen LogP contribution in [-0.4, -0.2) is 23.4 Å². The molecule has 1 atom stereocenters. The molecule has 0 spiro atoms. The van der Waals surface area contributed by atoms with Crippen molar-refractivity contribution in [2.75, 3.05) is 6.54 Å². The van der Waals surface area contributed by atoms with Gasteiger partial charge in [0.25, 0.3) is 5.91 Å². The Bertz CT molecular complexity index is 689. The number of hydrogen-bond donors (Lipinski definition) is 2. The van der Waals surface area contributed by atoms with E-state index in [2.05, 4.69) is 10.6 Å². The van der Waals surface area contributed by atoms with Crippen LogP contribution in [0.15, 0.2) is 60.7 Å². The number of hydrogen-bond acceptors (Lipinski definition) is 4. The minimum absolute atomic E-state index is 0.327. The number of urea groups is 1. The predicted molar refractivity (Wildman–Crippen MR) is 83.5 cm³/mol. The lowest BCUT2D eigenvalue weighted by Gasteiger charge is -2.15. The van der Waals surface area contributed by atoms with Gasteiger partial charge in [0.2, 0.25) is 6.54 Å². The third kappa shape index (κ3) is 4.92. The van der Waals surface area contributed by atoms with E-state index in [1.54, 1.807) is 60.7 Å². The zero-order valence-electron chi connectivity index (χ0n) is 12.1. The molecule has 0 fully saturated rings. The van der Waals surface area contributed by atoms with Crippen molar-refractivity contribution in [3.05, 3.63) is 81.9 Å². The van der Waals surface area contributed by atoms with E-state index in [0.29, 0.717) is 11.1 Å². The standard InChI is InChI=1S/C16H15N3O4/c20-15(13-9-5-2-6-10-13)18-16(21)17-14(11-19(22)23)12-7-3-1-4-8-12/h1-10,14H,11H2,(H2,17,18,20,21). The van der Waals surface area contributed by atoms with Crippen LogP contribution in [-0.2, 0) is 0 Å². The Morgan fingerprint density at radius 3 is 2.13 bits per heavy atom. The van der Waals surface area contributed by atoms with E-state index in [9.17, 15) is 19.7 Å². The van der Waals surface area contributed by atoms with Crippen LogP contribution in [0.4, 0.5) is 4.79 Å². The Morgan fingerprint density at radius 1 is 1.00 bits per heavy atom. The van der Waals surface area contributed by atoms with Crippen LogP contribution >= 0.6 is 0 Å². The second-order valence-electron chi connectivity index (χ2n) is 4.77. The van der Waals surface area contributed by atoms with Crippen molar-refractivity contribution in [2.24, 2.45) is 0 Å². The van der Waals surface area contributed by atoms with E-state index in [4.69, 9.17) is 0 Å². The van der Waals surface area contributed by atoms with Gasteiger partial charge in [-0.05, 0) is 17.7 Å². The highest BCUT2D eigenvalue weighted by molar-refractivity contribution is 6.04. The molecule has 23 heavy (non-hydrogen) atoms. The monoisotopic (exact) mass is 313 g/mol. The summed E-state index contributed by atoms with van der Waals surface area (Å²) >= 11 is 0. The Balaban J connectivity index is 2.03. The fraction of sp³-hybridized carbons (Fsp3) is 0.125. The first kappa shape index (κ1) is 16.2. The maximum absolute atomic E-state index is 11.9. The lowest BCUT2D eigenvalue weighted by atomic mass is 10.1. The summed E-state index contributed by atoms with van der Waals surface area (Å²) in [5, 5.41) is 15.4. The Labute approximate surface area is 132 Å². The highest BCUT2D eigenvalue weighted by Crippen LogP contribution is 2.12. The van der Waals surface area contributed by atoms with Gasteiger partial charge in [-0.15, -0.1) is 0 Å². The molecule has 0 aromatic heterocycles. The van der Waals surface area contributed by atoms with Gasteiger partial charge in [-0.1, -0.05) is 48.5 Å². The molecular formula is C16H15N3O4. The molecule has 0 saturated heterocycles. The first-order valence-corrected chi connectivity index (χ1v) is 6.90. The van der Waals surface area contributed by atoms with E-state index in [1.807, 2.05) is 0 Å². The summed E-state index contributed by atoms with van der Waals surface area (Å²) in [4.78, 5) is 34.1. The first-order chi connectivity index (χ1) is 11.1. The Hall–Kier alpha value is -3.22. The van der Waals surface area contributed by atoms with Gasteiger partial charge in [-0.3, -0.25) is 20.2 Å². The number of imide groups is 1. The molecule has 118 valence electrons. The molecule has 0 bridgehead atoms. The van der Waals surface area contributed by atoms with Crippen molar-refractivity contribution in [2.45, 2.75) is 6.04 Å². The molecular weight excluding hydrogens is 298 g/mol. The normalized spacial score (nSPS) is 11.3. The van der Waals surface area contributed by atoms with E-state index >= 15 is 0 Å². The third-order valence-corrected chi connectivity index (χ3v) is 3.10. The molecule has 0 aliphatic rings. The summed E-state index contributed by atoms with van der Waals surface area (Å²) in [6.45, 7) is -0.475. The summed E-state index contributed by atoms with van der Waals surface area (Å²) in [7, 11) is 0. The lowest BCUT2D eigenvalue weighted by Crippen LogP contribution is -2.43. The van der Waals surface area contributed by atoms with Crippen LogP contribution in [0.25, 0.3) is 0 Å². The third-order valence-electron chi connectivity index (χ3n) is 3.10. The zero-order valence-corrected chi connectivity index (χ0v) is 12.1. The summed E-state index contributed by atoms with van der Waals surface area (Å²) in [6, 6.07) is 15.2. The SMILES string of the molecule is O=C(NC(=O)c1ccccc1)NC(C[N+](=O)[O-])c1ccccc1. The largest absolute Gasteiger partial charge is 0.324 e. The van der Waals surface area contributed by atoms with Crippen LogP contribution in [0, 0.1) is 10.1 Å². The van der Waals surface area contributed by atoms with Gasteiger partial charge in [-0.25, -0.2) is 4.79 Å². The van der Waals surface area contributed by atoms with Gasteiger partial charge in [-0.2, -0.15) is 0 Å². The minimum Gasteiger partial charge on any atom is -0.324 e. The first-order valence-electron chi connectivity index (χ1n) is 6.90. The zero-order chi connectivity index (χ0) is 16.7. The van der Waals surface area contributed by atoms with E-state index in [1.165, 1.54) is 0 Å². The minimum atomic E-state index is -0.824. The molecule has 2 rings (SSSR count). The fourth-order valence-electron chi connectivity index (χ4n) is 2.03. The molecule has 0 saturated carbocycles. The van der Waals surface area contributed by atoms with Gasteiger partial charge in [0, 0.05) is 10.5 Å². The van der Waals surface area contributed by atoms with Crippen molar-refractivity contribution >= 4 is 11.9 Å². The van der Waals surface area contributed by atoms with Gasteiger partial charge >= 0.3 is 6.03 Å². The maximum Gasteiger partial charge on any atom is 0.322 e. The molecule has 0 aliphatic carbocycles. The van der Waals surface area contributed by atoms with Crippen molar-refractivity contribution in [3.8, 4) is 0 Å². The fourth-order valence-corrected chi connectivity index (χ4v) is 2.03. The van der Waals surface area contributed by atoms with E-state index in [0.717, 1.165) is 0 Å². The van der Waals surface area contributed by atoms with Gasteiger partial charge < -0.3 is 5.32 Å². The molecule has 1 unspecified atom stereocenters. The van der Waals surface area contributed by atoms with Crippen LogP contribution < -0.4 is 10.6 Å². The second kappa shape index (κ2) is 7.69. The molecule has 0 radical (unpaired) electrons. The molecule has 7 nitrogen and oxygen atoms in total. The highest BCUT2D eigenvalue weighted by Gasteiger charge is 2.21. The van der Waals surface area contributed by atoms with Crippen LogP contribution in [0.2, 0.25) is 0 Å². The second-order valence-corrected chi connectivity index (χ2v) is 4.77. The molecule has 0 aliphatic heterocycles. The topological polar surface area (TPSA) is 101 Å². The molecule has 3 amide bonds. The number of rotatable bonds is 5. The number of nitrogens with one attached hydrogen (secondary N) is 2. The number of benzene rings is 2. The summed E-state index contributed by atoms with van der Waals surface area (Å²) in [6.07, 6.45) is 0. The molecule has 0 heterocycles. The average Bonchev–Trinajstić information content (AvgIpc) is 2.55. The molecule has 7 heteroatoms. The summed E-state index contributed by atoms with van der Waals surface area (Å²) in [5.74, 6) is -0.573. The Kier molecular flexibility index (Phi) is 5.40. The summed E-state index contributed by atoms with van der Waals surface area (Å²) < 4.78 is 0. The number of carbonyl (C=O) groups is 2. The number of nitro groups is 1. The number of nitrogens with zero attached hydrogens (tertiary/aromatic N) is 1. The lowest BCUT2D eigenvalue weighted by molar-refractivity contribution is -0.484. The van der Waals surface area contributed by atoms with Crippen LogP contribution in [0.1, 0.15) is 22.0 Å². The maximum atomic E-state index is 11.9. The van der Waals surface area contributed by atoms with Crippen LogP contribution in [0.3, 0.4) is 0 Å². The predicted octanol–water partition coefficient (Wildman–Crippen LogP) is 2.14. The van der Waals surface area contributed by atoms with Crippen molar-refractivity contribution in [1.82, 2.24) is 10.6 Å². The summed E-state index contributed by atoms with van der Waals surface area (Å²) in [5.41, 5.74) is 0.916. The average molecular weight is 313 g/mol. The van der Waals surface area contributed by atoms with Gasteiger partial charge in [0.05, 0.1) is 0 Å². The van der Waals surface area contributed by atoms with E-state index in [-0.39, 0.29) is 0 Å². The molecule has 2 aromatic rings. The van der Waals surface area contributed by atoms with Gasteiger partial charge in [0.1, 0.15) is 6.04 Å². The molecule has 2 N–H and O–H groups in total. The van der Waals surface area contributed by atoms with Crippen molar-refractivity contribution in [1.29, 1.82) is 0 Å². The van der Waals surface area contributed by atoms with Crippen molar-refractivity contribution in [3.63, 3.8) is 0 Å². The number of carbonyl (C=O) groups excluding carboxylic acids is 2. The number of amides is 3. The Morgan fingerprint density at radius 2 is 1.57 bits per heavy atom. The van der Waals surface area contributed by atoms with Gasteiger partial charge in [0.15, 0.2) is 0 Å². The van der Waals surface area contributed by atoms with Crippen LogP contribution in [0.5, 0.6) is 0 Å². The van der Waals surface area contributed by atoms with Crippen molar-refractivity contribution < 1.29 is 14.5 Å². The highest BCUT2D eigenvalue weighted by atomic mass is 16.6. The molecule has 2 aromatic carbocycles. The smallest absolute Gasteiger partial charge is 0.322 e. The quantitative estimate of drug-likeness (QED) is 0.652.